The lowest BCUT2D eigenvalue weighted by Gasteiger charge is -2.37. The number of Topliss-reactive ketones (excluding diaryl/α,β-unsaturated/α-hetero) is 1. The Hall–Kier alpha value is -4.90. The van der Waals surface area contributed by atoms with Crippen molar-refractivity contribution in [3.8, 4) is 0 Å². The summed E-state index contributed by atoms with van der Waals surface area (Å²) in [6, 6.07) is 9.62. The van der Waals surface area contributed by atoms with Crippen molar-refractivity contribution in [1.29, 1.82) is 0 Å². The minimum absolute atomic E-state index is 0.0252. The maximum Gasteiger partial charge on any atom is 0.319 e. The lowest BCUT2D eigenvalue weighted by Crippen LogP contribution is -2.64. The summed E-state index contributed by atoms with van der Waals surface area (Å²) in [6.07, 6.45) is 5.77. The summed E-state index contributed by atoms with van der Waals surface area (Å²) >= 11 is 0. The van der Waals surface area contributed by atoms with E-state index in [4.69, 9.17) is 5.73 Å². The van der Waals surface area contributed by atoms with Gasteiger partial charge in [-0.2, -0.15) is 0 Å². The molecule has 1 unspecified atom stereocenters. The van der Waals surface area contributed by atoms with Crippen molar-refractivity contribution in [3.63, 3.8) is 0 Å². The number of primary amides is 1. The molecular formula is C37H48N8O8S. The van der Waals surface area contributed by atoms with Gasteiger partial charge in [0, 0.05) is 18.7 Å². The van der Waals surface area contributed by atoms with Gasteiger partial charge in [-0.25, -0.2) is 17.9 Å². The van der Waals surface area contributed by atoms with E-state index in [1.165, 1.54) is 15.8 Å². The first-order valence-electron chi connectivity index (χ1n) is 18.4. The molecule has 0 bridgehead atoms. The summed E-state index contributed by atoms with van der Waals surface area (Å²) in [7, 11) is -3.53. The van der Waals surface area contributed by atoms with Crippen LogP contribution in [0.4, 0.5) is 10.5 Å². The fraction of sp³-hybridized carbons (Fsp3) is 0.541. The second-order valence-corrected chi connectivity index (χ2v) is 17.7. The minimum Gasteiger partial charge on any atom is -0.384 e. The van der Waals surface area contributed by atoms with Crippen molar-refractivity contribution in [2.45, 2.75) is 101 Å². The Morgan fingerprint density at radius 2 is 1.70 bits per heavy atom. The van der Waals surface area contributed by atoms with Gasteiger partial charge in [0.1, 0.15) is 23.2 Å². The molecule has 3 fully saturated rings. The zero-order valence-electron chi connectivity index (χ0n) is 30.5. The maximum absolute atomic E-state index is 14.8. The van der Waals surface area contributed by atoms with E-state index in [1.807, 2.05) is 36.4 Å². The van der Waals surface area contributed by atoms with Gasteiger partial charge < -0.3 is 31.7 Å². The maximum atomic E-state index is 14.8. The number of carbonyl (C=O) groups excluding carboxylic acids is 5. The molecule has 3 aromatic rings. The van der Waals surface area contributed by atoms with Crippen LogP contribution in [0, 0.1) is 5.92 Å². The number of carbonyl (C=O) groups is 5. The van der Waals surface area contributed by atoms with Crippen LogP contribution >= 0.6 is 0 Å². The van der Waals surface area contributed by atoms with Crippen LogP contribution in [0.1, 0.15) is 83.4 Å². The van der Waals surface area contributed by atoms with Crippen molar-refractivity contribution >= 4 is 55.8 Å². The largest absolute Gasteiger partial charge is 0.384 e. The average Bonchev–Trinajstić information content (AvgIpc) is 3.81. The highest BCUT2D eigenvalue weighted by atomic mass is 32.2. The van der Waals surface area contributed by atoms with Crippen molar-refractivity contribution in [1.82, 2.24) is 30.5 Å². The quantitative estimate of drug-likeness (QED) is 0.178. The third kappa shape index (κ3) is 8.57. The van der Waals surface area contributed by atoms with E-state index in [2.05, 4.69) is 26.3 Å². The number of nitrogens with zero attached hydrogens (tertiary/aromatic N) is 4. The molecule has 5 amide bonds. The monoisotopic (exact) mass is 764 g/mol. The van der Waals surface area contributed by atoms with Crippen LogP contribution in [-0.2, 0) is 34.6 Å². The van der Waals surface area contributed by atoms with E-state index in [0.29, 0.717) is 17.8 Å². The van der Waals surface area contributed by atoms with E-state index in [1.54, 1.807) is 19.9 Å². The van der Waals surface area contributed by atoms with Gasteiger partial charge in [0.2, 0.25) is 17.6 Å². The van der Waals surface area contributed by atoms with Gasteiger partial charge in [-0.05, 0) is 61.9 Å². The normalized spacial score (nSPS) is 21.9. The first kappa shape index (κ1) is 38.8. The predicted octanol–water partition coefficient (Wildman–Crippen LogP) is 2.08. The fourth-order valence-electron chi connectivity index (χ4n) is 8.06. The smallest absolute Gasteiger partial charge is 0.319 e. The summed E-state index contributed by atoms with van der Waals surface area (Å²) in [5.74, 6) is -4.53. The Morgan fingerprint density at radius 3 is 2.37 bits per heavy atom. The van der Waals surface area contributed by atoms with Gasteiger partial charge in [0.15, 0.2) is 9.84 Å². The number of hydrogen-bond acceptors (Lipinski definition) is 10. The molecule has 0 spiro atoms. The van der Waals surface area contributed by atoms with E-state index in [-0.39, 0.29) is 31.7 Å². The summed E-state index contributed by atoms with van der Waals surface area (Å²) in [5.41, 5.74) is 2.99. The van der Waals surface area contributed by atoms with Crippen molar-refractivity contribution in [2.75, 3.05) is 23.4 Å². The lowest BCUT2D eigenvalue weighted by molar-refractivity contribution is -0.145. The average molecular weight is 765 g/mol. The SMILES string of the molecule is CC(C)(O)c1cnnn1[C@H]1C[C@@H](C(=O)NC2(C(=O)C(N)=O)CCS(=O)(=O)CC2)N(C(=O)C(CC2CCCCC2)NC(=O)Nc2ccc3ccccc3c2)C1. The van der Waals surface area contributed by atoms with Crippen LogP contribution in [0.3, 0.4) is 0 Å². The first-order chi connectivity index (χ1) is 25.5. The summed E-state index contributed by atoms with van der Waals surface area (Å²) in [6.45, 7) is 3.04. The lowest BCUT2D eigenvalue weighted by atomic mass is 9.84. The Labute approximate surface area is 313 Å². The molecule has 2 saturated heterocycles. The molecule has 6 rings (SSSR count). The molecule has 3 heterocycles. The zero-order valence-corrected chi connectivity index (χ0v) is 31.3. The molecule has 54 heavy (non-hydrogen) atoms. The number of nitrogens with one attached hydrogen (secondary N) is 3. The Bertz CT molecular complexity index is 2020. The highest BCUT2D eigenvalue weighted by Gasteiger charge is 2.50. The highest BCUT2D eigenvalue weighted by molar-refractivity contribution is 7.91. The van der Waals surface area contributed by atoms with E-state index >= 15 is 0 Å². The van der Waals surface area contributed by atoms with Gasteiger partial charge in [0.25, 0.3) is 5.91 Å². The summed E-state index contributed by atoms with van der Waals surface area (Å²) in [5, 5.41) is 29.3. The van der Waals surface area contributed by atoms with Gasteiger partial charge >= 0.3 is 6.03 Å². The Morgan fingerprint density at radius 1 is 1.02 bits per heavy atom. The number of urea groups is 1. The number of anilines is 1. The number of hydrogen-bond donors (Lipinski definition) is 5. The fourth-order valence-corrected chi connectivity index (χ4v) is 9.58. The van der Waals surface area contributed by atoms with Gasteiger partial charge in [-0.1, -0.05) is 67.6 Å². The second-order valence-electron chi connectivity index (χ2n) is 15.4. The summed E-state index contributed by atoms with van der Waals surface area (Å²) in [4.78, 5) is 69.4. The number of aliphatic hydroxyl groups is 1. The number of rotatable bonds is 11. The van der Waals surface area contributed by atoms with Gasteiger partial charge in [-0.15, -0.1) is 5.10 Å². The minimum atomic E-state index is -3.53. The molecule has 290 valence electrons. The molecule has 1 aromatic heterocycles. The van der Waals surface area contributed by atoms with Crippen LogP contribution in [0.5, 0.6) is 0 Å². The zero-order chi connectivity index (χ0) is 38.8. The molecular weight excluding hydrogens is 717 g/mol. The molecule has 2 aromatic carbocycles. The van der Waals surface area contributed by atoms with Crippen molar-refractivity contribution in [2.24, 2.45) is 11.7 Å². The predicted molar refractivity (Wildman–Crippen MR) is 198 cm³/mol. The van der Waals surface area contributed by atoms with Crippen LogP contribution in [-0.4, -0.2) is 98.6 Å². The topological polar surface area (TPSA) is 236 Å². The molecule has 3 atom stereocenters. The number of aromatic nitrogens is 3. The van der Waals surface area contributed by atoms with E-state index < -0.39 is 80.1 Å². The third-order valence-electron chi connectivity index (χ3n) is 11.0. The van der Waals surface area contributed by atoms with Crippen LogP contribution in [0.25, 0.3) is 10.8 Å². The third-order valence-corrected chi connectivity index (χ3v) is 12.7. The first-order valence-corrected chi connectivity index (χ1v) is 20.2. The summed E-state index contributed by atoms with van der Waals surface area (Å²) < 4.78 is 26.1. The van der Waals surface area contributed by atoms with Crippen LogP contribution in [0.15, 0.2) is 48.7 Å². The molecule has 0 radical (unpaired) electrons. The van der Waals surface area contributed by atoms with Crippen LogP contribution < -0.4 is 21.7 Å². The van der Waals surface area contributed by atoms with Crippen molar-refractivity contribution in [3.05, 3.63) is 54.4 Å². The van der Waals surface area contributed by atoms with Gasteiger partial charge in [0.05, 0.1) is 29.4 Å². The second kappa shape index (κ2) is 15.5. The van der Waals surface area contributed by atoms with Crippen LogP contribution in [0.2, 0.25) is 0 Å². The number of benzene rings is 2. The molecule has 17 heteroatoms. The number of fused-ring (bicyclic) bond motifs is 1. The molecule has 6 N–H and O–H groups in total. The number of likely N-dealkylation sites (tertiary alicyclic amines) is 1. The standard InChI is InChI=1S/C37H48N8O8S/c1-36(2,51)30-21-39-43-45(30)27-20-29(33(48)42-37(31(46)32(38)47)14-16-54(52,53)17-15-37)44(22-27)34(49)28(18-23-8-4-3-5-9-23)41-35(50)40-26-13-12-24-10-6-7-11-25(24)19-26/h6-7,10-13,19,21,23,27-29,51H,3-5,8-9,14-18,20,22H2,1-2H3,(H2,38,47)(H,42,48)(H2,40,41,50)/t27-,28?,29-/m0/s1. The Balaban J connectivity index is 1.31. The molecule has 16 nitrogen and oxygen atoms in total. The molecule has 2 aliphatic heterocycles. The highest BCUT2D eigenvalue weighted by Crippen LogP contribution is 2.35. The number of sulfone groups is 1. The van der Waals surface area contributed by atoms with Gasteiger partial charge in [-0.3, -0.25) is 19.2 Å². The van der Waals surface area contributed by atoms with E-state index in [9.17, 15) is 37.5 Å². The van der Waals surface area contributed by atoms with Crippen molar-refractivity contribution < 1.29 is 37.5 Å². The number of amides is 5. The molecule has 3 aliphatic rings. The Kier molecular flexibility index (Phi) is 11.1. The molecule has 1 saturated carbocycles. The number of ketones is 1. The number of nitrogens with two attached hydrogens (primary N) is 1. The van der Waals surface area contributed by atoms with E-state index in [0.717, 1.165) is 42.9 Å². The molecule has 1 aliphatic carbocycles.